The van der Waals surface area contributed by atoms with Crippen molar-refractivity contribution in [3.05, 3.63) is 77.0 Å². The quantitative estimate of drug-likeness (QED) is 0.404. The van der Waals surface area contributed by atoms with E-state index >= 15 is 0 Å². The van der Waals surface area contributed by atoms with Crippen LogP contribution in [0.15, 0.2) is 60.0 Å². The molecule has 0 fully saturated rings. The average molecular weight is 495 g/mol. The smallest absolute Gasteiger partial charge is 0.345 e. The Morgan fingerprint density at radius 2 is 1.89 bits per heavy atom. The van der Waals surface area contributed by atoms with Crippen LogP contribution in [0.5, 0.6) is 0 Å². The van der Waals surface area contributed by atoms with Crippen LogP contribution >= 0.6 is 0 Å². The van der Waals surface area contributed by atoms with Crippen LogP contribution in [0.25, 0.3) is 33.6 Å². The second kappa shape index (κ2) is 8.63. The van der Waals surface area contributed by atoms with Crippen LogP contribution in [0.2, 0.25) is 0 Å². The summed E-state index contributed by atoms with van der Waals surface area (Å²) < 4.78 is 41.9. The second-order valence-corrected chi connectivity index (χ2v) is 8.31. The van der Waals surface area contributed by atoms with Gasteiger partial charge in [-0.2, -0.15) is 13.2 Å². The Bertz CT molecular complexity index is 1680. The largest absolute Gasteiger partial charge is 0.405 e. The van der Waals surface area contributed by atoms with E-state index in [9.17, 15) is 22.8 Å². The molecule has 184 valence electrons. The van der Waals surface area contributed by atoms with E-state index in [1.165, 1.54) is 4.57 Å². The highest BCUT2D eigenvalue weighted by Gasteiger charge is 2.28. The molecule has 0 spiro atoms. The number of benzene rings is 1. The summed E-state index contributed by atoms with van der Waals surface area (Å²) in [7, 11) is 0. The first kappa shape index (κ1) is 23.3. The van der Waals surface area contributed by atoms with Crippen molar-refractivity contribution in [2.45, 2.75) is 26.6 Å². The predicted octanol–water partition coefficient (Wildman–Crippen LogP) is 3.19. The van der Waals surface area contributed by atoms with Crippen LogP contribution in [0.4, 0.5) is 13.2 Å². The van der Waals surface area contributed by atoms with Crippen LogP contribution in [0.1, 0.15) is 11.3 Å². The van der Waals surface area contributed by atoms with Gasteiger partial charge in [-0.3, -0.25) is 9.36 Å². The first-order valence-corrected chi connectivity index (χ1v) is 10.9. The van der Waals surface area contributed by atoms with Crippen LogP contribution in [0.3, 0.4) is 0 Å². The van der Waals surface area contributed by atoms with E-state index in [-0.39, 0.29) is 5.82 Å². The summed E-state index contributed by atoms with van der Waals surface area (Å²) in [6.07, 6.45) is 2.25. The third-order valence-electron chi connectivity index (χ3n) is 5.80. The number of halogens is 3. The van der Waals surface area contributed by atoms with E-state index in [4.69, 9.17) is 0 Å². The fourth-order valence-electron chi connectivity index (χ4n) is 4.21. The minimum atomic E-state index is -4.55. The summed E-state index contributed by atoms with van der Waals surface area (Å²) in [6, 6.07) is 8.89. The standard InChI is InChI=1S/C24H20F3N7O2/c1-14-5-3-7-18-21(14)34(23(36)33(18)11-20(35)30-12-24(25,26)27)22-15(2)31-17(9-29-22)16-6-4-8-32-13-28-10-19(16)32/h3-10,13H,11-12H2,1-2H3,(H,30,35). The Hall–Kier alpha value is -4.48. The van der Waals surface area contributed by atoms with Crippen molar-refractivity contribution in [3.63, 3.8) is 0 Å². The SMILES string of the molecule is Cc1nc(-c2cccn3cncc23)cnc1-n1c(=O)n(CC(=O)NCC(F)(F)F)c2cccc(C)c21. The number of carbonyl (C=O) groups is 1. The number of hydrogen-bond acceptors (Lipinski definition) is 5. The zero-order valence-corrected chi connectivity index (χ0v) is 19.2. The highest BCUT2D eigenvalue weighted by Crippen LogP contribution is 2.26. The number of pyridine rings is 1. The second-order valence-electron chi connectivity index (χ2n) is 8.31. The molecule has 1 N–H and O–H groups in total. The number of alkyl halides is 3. The number of amides is 1. The molecule has 0 atom stereocenters. The summed E-state index contributed by atoms with van der Waals surface area (Å²) in [5, 5.41) is 1.81. The lowest BCUT2D eigenvalue weighted by atomic mass is 10.1. The zero-order valence-electron chi connectivity index (χ0n) is 19.2. The summed E-state index contributed by atoms with van der Waals surface area (Å²) in [6.45, 7) is 1.46. The number of aryl methyl sites for hydroxylation is 2. The number of fused-ring (bicyclic) bond motifs is 2. The Kier molecular flexibility index (Phi) is 5.58. The van der Waals surface area contributed by atoms with Crippen LogP contribution in [0, 0.1) is 13.8 Å². The van der Waals surface area contributed by atoms with Crippen LogP contribution < -0.4 is 11.0 Å². The van der Waals surface area contributed by atoms with E-state index in [1.54, 1.807) is 50.8 Å². The molecule has 4 heterocycles. The normalized spacial score (nSPS) is 11.9. The van der Waals surface area contributed by atoms with Gasteiger partial charge < -0.3 is 9.72 Å². The molecule has 0 bridgehead atoms. The number of nitrogens with one attached hydrogen (secondary N) is 1. The molecule has 36 heavy (non-hydrogen) atoms. The molecule has 0 unspecified atom stereocenters. The van der Waals surface area contributed by atoms with Gasteiger partial charge in [-0.05, 0) is 37.6 Å². The molecule has 0 saturated heterocycles. The lowest BCUT2D eigenvalue weighted by Gasteiger charge is -2.10. The van der Waals surface area contributed by atoms with Crippen molar-refractivity contribution in [2.75, 3.05) is 6.54 Å². The Balaban J connectivity index is 1.60. The highest BCUT2D eigenvalue weighted by atomic mass is 19.4. The molecule has 5 aromatic rings. The van der Waals surface area contributed by atoms with Gasteiger partial charge in [-0.25, -0.2) is 24.3 Å². The lowest BCUT2D eigenvalue weighted by molar-refractivity contribution is -0.138. The van der Waals surface area contributed by atoms with Crippen LogP contribution in [-0.2, 0) is 11.3 Å². The molecule has 0 aliphatic rings. The number of para-hydroxylation sites is 1. The molecule has 4 aromatic heterocycles. The first-order valence-electron chi connectivity index (χ1n) is 10.9. The molecule has 1 aromatic carbocycles. The Morgan fingerprint density at radius 3 is 2.64 bits per heavy atom. The van der Waals surface area contributed by atoms with Crippen LogP contribution in [-0.4, -0.2) is 47.1 Å². The third-order valence-corrected chi connectivity index (χ3v) is 5.80. The van der Waals surface area contributed by atoms with Crippen molar-refractivity contribution in [1.29, 1.82) is 0 Å². The molecule has 12 heteroatoms. The van der Waals surface area contributed by atoms with Crippen molar-refractivity contribution in [2.24, 2.45) is 0 Å². The maximum absolute atomic E-state index is 13.5. The molecule has 1 amide bonds. The fraction of sp³-hybridized carbons (Fsp3) is 0.208. The summed E-state index contributed by atoms with van der Waals surface area (Å²) in [5.74, 6) is -0.667. The minimum absolute atomic E-state index is 0.262. The van der Waals surface area contributed by atoms with E-state index in [0.717, 1.165) is 21.2 Å². The number of nitrogens with zero attached hydrogens (tertiary/aromatic N) is 6. The van der Waals surface area contributed by atoms with Crippen molar-refractivity contribution < 1.29 is 18.0 Å². The van der Waals surface area contributed by atoms with Gasteiger partial charge >= 0.3 is 11.9 Å². The maximum Gasteiger partial charge on any atom is 0.405 e. The average Bonchev–Trinajstić information content (AvgIpc) is 3.41. The summed E-state index contributed by atoms with van der Waals surface area (Å²) in [5.41, 5.74) is 3.71. The number of hydrogen-bond donors (Lipinski definition) is 1. The van der Waals surface area contributed by atoms with Gasteiger partial charge in [0.2, 0.25) is 5.91 Å². The Morgan fingerprint density at radius 1 is 1.08 bits per heavy atom. The summed E-state index contributed by atoms with van der Waals surface area (Å²) >= 11 is 0. The van der Waals surface area contributed by atoms with Crippen molar-refractivity contribution in [1.82, 2.24) is 33.8 Å². The molecular weight excluding hydrogens is 475 g/mol. The number of imidazole rings is 2. The highest BCUT2D eigenvalue weighted by molar-refractivity contribution is 5.84. The van der Waals surface area contributed by atoms with Gasteiger partial charge in [0.15, 0.2) is 5.82 Å². The zero-order chi connectivity index (χ0) is 25.6. The molecular formula is C24H20F3N7O2. The van der Waals surface area contributed by atoms with E-state index in [0.29, 0.717) is 22.4 Å². The minimum Gasteiger partial charge on any atom is -0.345 e. The van der Waals surface area contributed by atoms with Gasteiger partial charge in [-0.1, -0.05) is 12.1 Å². The molecule has 0 aliphatic carbocycles. The van der Waals surface area contributed by atoms with Crippen molar-refractivity contribution >= 4 is 22.5 Å². The predicted molar refractivity (Wildman–Crippen MR) is 126 cm³/mol. The topological polar surface area (TPSA) is 99.1 Å². The number of carbonyl (C=O) groups excluding carboxylic acids is 1. The van der Waals surface area contributed by atoms with Gasteiger partial charge in [0.25, 0.3) is 0 Å². The first-order chi connectivity index (χ1) is 17.1. The fourth-order valence-corrected chi connectivity index (χ4v) is 4.21. The molecule has 0 aliphatic heterocycles. The molecule has 9 nitrogen and oxygen atoms in total. The number of aromatic nitrogens is 6. The number of rotatable bonds is 5. The van der Waals surface area contributed by atoms with E-state index < -0.39 is 30.9 Å². The van der Waals surface area contributed by atoms with Crippen molar-refractivity contribution in [3.8, 4) is 17.1 Å². The third kappa shape index (κ3) is 4.10. The lowest BCUT2D eigenvalue weighted by Crippen LogP contribution is -2.38. The molecule has 0 radical (unpaired) electrons. The van der Waals surface area contributed by atoms with Gasteiger partial charge in [0.1, 0.15) is 13.1 Å². The maximum atomic E-state index is 13.5. The van der Waals surface area contributed by atoms with E-state index in [2.05, 4.69) is 15.0 Å². The van der Waals surface area contributed by atoms with Gasteiger partial charge in [0.05, 0.1) is 46.7 Å². The molecule has 0 saturated carbocycles. The van der Waals surface area contributed by atoms with Gasteiger partial charge in [0, 0.05) is 11.8 Å². The monoisotopic (exact) mass is 495 g/mol. The molecule has 5 rings (SSSR count). The van der Waals surface area contributed by atoms with Gasteiger partial charge in [-0.15, -0.1) is 0 Å². The Labute approximate surface area is 201 Å². The van der Waals surface area contributed by atoms with E-state index in [1.807, 2.05) is 28.0 Å². The summed E-state index contributed by atoms with van der Waals surface area (Å²) in [4.78, 5) is 39.1.